The first-order chi connectivity index (χ1) is 11.5. The van der Waals surface area contributed by atoms with Gasteiger partial charge in [0.15, 0.2) is 0 Å². The van der Waals surface area contributed by atoms with Gasteiger partial charge in [0.1, 0.15) is 5.75 Å². The lowest BCUT2D eigenvalue weighted by Gasteiger charge is -2.25. The lowest BCUT2D eigenvalue weighted by Crippen LogP contribution is -2.34. The molecule has 0 radical (unpaired) electrons. The Bertz CT molecular complexity index is 663. The summed E-state index contributed by atoms with van der Waals surface area (Å²) in [7, 11) is 3.86. The SMILES string of the molecule is CN(C)C(CNC(=O)c1cccc(OC(F)F)c1)c1ccccc1. The number of hydrogen-bond acceptors (Lipinski definition) is 3. The Morgan fingerprint density at radius 1 is 1.12 bits per heavy atom. The van der Waals surface area contributed by atoms with Crippen molar-refractivity contribution in [1.29, 1.82) is 0 Å². The van der Waals surface area contributed by atoms with Crippen molar-refractivity contribution in [1.82, 2.24) is 10.2 Å². The minimum Gasteiger partial charge on any atom is -0.435 e. The van der Waals surface area contributed by atoms with Gasteiger partial charge < -0.3 is 15.0 Å². The maximum absolute atomic E-state index is 12.3. The third-order valence-electron chi connectivity index (χ3n) is 3.59. The van der Waals surface area contributed by atoms with E-state index in [0.29, 0.717) is 6.54 Å². The maximum Gasteiger partial charge on any atom is 0.387 e. The lowest BCUT2D eigenvalue weighted by atomic mass is 10.1. The number of nitrogens with one attached hydrogen (secondary N) is 1. The Balaban J connectivity index is 2.03. The van der Waals surface area contributed by atoms with E-state index in [1.807, 2.05) is 49.3 Å². The third-order valence-corrected chi connectivity index (χ3v) is 3.59. The van der Waals surface area contributed by atoms with Gasteiger partial charge in [0.25, 0.3) is 5.91 Å². The lowest BCUT2D eigenvalue weighted by molar-refractivity contribution is -0.0498. The highest BCUT2D eigenvalue weighted by molar-refractivity contribution is 5.94. The average molecular weight is 334 g/mol. The van der Waals surface area contributed by atoms with Crippen molar-refractivity contribution in [3.8, 4) is 5.75 Å². The fourth-order valence-electron chi connectivity index (χ4n) is 2.38. The quantitative estimate of drug-likeness (QED) is 0.844. The number of halogens is 2. The molecular weight excluding hydrogens is 314 g/mol. The summed E-state index contributed by atoms with van der Waals surface area (Å²) in [4.78, 5) is 14.3. The number of benzene rings is 2. The number of hydrogen-bond donors (Lipinski definition) is 1. The van der Waals surface area contributed by atoms with Gasteiger partial charge in [0.05, 0.1) is 6.04 Å². The summed E-state index contributed by atoms with van der Waals surface area (Å²) in [6.07, 6.45) is 0. The van der Waals surface area contributed by atoms with E-state index in [9.17, 15) is 13.6 Å². The summed E-state index contributed by atoms with van der Waals surface area (Å²) in [6.45, 7) is -2.52. The van der Waals surface area contributed by atoms with Crippen LogP contribution in [-0.4, -0.2) is 38.1 Å². The molecule has 0 aliphatic heterocycles. The van der Waals surface area contributed by atoms with Gasteiger partial charge in [-0.15, -0.1) is 0 Å². The normalized spacial score (nSPS) is 12.2. The zero-order valence-electron chi connectivity index (χ0n) is 13.6. The molecule has 0 aromatic heterocycles. The number of alkyl halides is 2. The zero-order chi connectivity index (χ0) is 17.5. The van der Waals surface area contributed by atoms with Crippen LogP contribution in [0.1, 0.15) is 22.0 Å². The molecule has 2 aromatic carbocycles. The highest BCUT2D eigenvalue weighted by Crippen LogP contribution is 2.18. The summed E-state index contributed by atoms with van der Waals surface area (Å²) in [5, 5.41) is 2.84. The van der Waals surface area contributed by atoms with Crippen molar-refractivity contribution in [2.45, 2.75) is 12.7 Å². The summed E-state index contributed by atoms with van der Waals surface area (Å²) < 4.78 is 28.8. The molecule has 0 aliphatic rings. The number of ether oxygens (including phenoxy) is 1. The summed E-state index contributed by atoms with van der Waals surface area (Å²) in [6, 6.07) is 15.6. The highest BCUT2D eigenvalue weighted by atomic mass is 19.3. The van der Waals surface area contributed by atoms with E-state index in [1.54, 1.807) is 6.07 Å². The molecule has 24 heavy (non-hydrogen) atoms. The number of nitrogens with zero attached hydrogens (tertiary/aromatic N) is 1. The highest BCUT2D eigenvalue weighted by Gasteiger charge is 2.16. The smallest absolute Gasteiger partial charge is 0.387 e. The van der Waals surface area contributed by atoms with Crippen LogP contribution in [0.2, 0.25) is 0 Å². The molecule has 4 nitrogen and oxygen atoms in total. The molecule has 0 fully saturated rings. The zero-order valence-corrected chi connectivity index (χ0v) is 13.6. The van der Waals surface area contributed by atoms with Gasteiger partial charge in [0, 0.05) is 12.1 Å². The van der Waals surface area contributed by atoms with Crippen LogP contribution in [0.4, 0.5) is 8.78 Å². The topological polar surface area (TPSA) is 41.6 Å². The number of likely N-dealkylation sites (N-methyl/N-ethyl adjacent to an activating group) is 1. The van der Waals surface area contributed by atoms with Crippen LogP contribution < -0.4 is 10.1 Å². The van der Waals surface area contributed by atoms with Gasteiger partial charge in [-0.3, -0.25) is 4.79 Å². The maximum atomic E-state index is 12.3. The largest absolute Gasteiger partial charge is 0.435 e. The van der Waals surface area contributed by atoms with Crippen molar-refractivity contribution < 1.29 is 18.3 Å². The van der Waals surface area contributed by atoms with E-state index in [0.717, 1.165) is 5.56 Å². The Morgan fingerprint density at radius 3 is 2.46 bits per heavy atom. The minimum atomic E-state index is -2.92. The first-order valence-corrected chi connectivity index (χ1v) is 7.52. The summed E-state index contributed by atoms with van der Waals surface area (Å²) >= 11 is 0. The van der Waals surface area contributed by atoms with Crippen molar-refractivity contribution in [3.63, 3.8) is 0 Å². The van der Waals surface area contributed by atoms with E-state index in [1.165, 1.54) is 18.2 Å². The second-order valence-electron chi connectivity index (χ2n) is 5.51. The van der Waals surface area contributed by atoms with Crippen LogP contribution in [0.5, 0.6) is 5.75 Å². The molecule has 2 aromatic rings. The molecule has 0 aliphatic carbocycles. The van der Waals surface area contributed by atoms with Crippen LogP contribution >= 0.6 is 0 Å². The van der Waals surface area contributed by atoms with Gasteiger partial charge in [-0.05, 0) is 37.9 Å². The Morgan fingerprint density at radius 2 is 1.83 bits per heavy atom. The molecule has 0 heterocycles. The number of carbonyl (C=O) groups excluding carboxylic acids is 1. The van der Waals surface area contributed by atoms with E-state index in [-0.39, 0.29) is 23.3 Å². The second-order valence-corrected chi connectivity index (χ2v) is 5.51. The molecule has 1 N–H and O–H groups in total. The number of rotatable bonds is 7. The van der Waals surface area contributed by atoms with E-state index >= 15 is 0 Å². The first-order valence-electron chi connectivity index (χ1n) is 7.52. The molecule has 6 heteroatoms. The molecule has 0 bridgehead atoms. The van der Waals surface area contributed by atoms with E-state index < -0.39 is 6.61 Å². The van der Waals surface area contributed by atoms with Crippen molar-refractivity contribution in [2.24, 2.45) is 0 Å². The average Bonchev–Trinajstić information content (AvgIpc) is 2.55. The Kier molecular flexibility index (Phi) is 6.26. The molecule has 2 rings (SSSR count). The van der Waals surface area contributed by atoms with Crippen molar-refractivity contribution in [3.05, 3.63) is 65.7 Å². The summed E-state index contributed by atoms with van der Waals surface area (Å²) in [5.74, 6) is -0.373. The van der Waals surface area contributed by atoms with Crippen molar-refractivity contribution >= 4 is 5.91 Å². The van der Waals surface area contributed by atoms with E-state index in [4.69, 9.17) is 0 Å². The third kappa shape index (κ3) is 5.03. The molecule has 1 unspecified atom stereocenters. The summed E-state index contributed by atoms with van der Waals surface area (Å²) in [5.41, 5.74) is 1.36. The minimum absolute atomic E-state index is 0.00986. The molecular formula is C18H20F2N2O2. The predicted molar refractivity (Wildman–Crippen MR) is 88.3 cm³/mol. The van der Waals surface area contributed by atoms with Crippen LogP contribution in [0.3, 0.4) is 0 Å². The van der Waals surface area contributed by atoms with Gasteiger partial charge in [-0.2, -0.15) is 8.78 Å². The fraction of sp³-hybridized carbons (Fsp3) is 0.278. The van der Waals surface area contributed by atoms with Crippen LogP contribution in [0.15, 0.2) is 54.6 Å². The van der Waals surface area contributed by atoms with E-state index in [2.05, 4.69) is 10.1 Å². The van der Waals surface area contributed by atoms with Gasteiger partial charge >= 0.3 is 6.61 Å². The number of amides is 1. The molecule has 0 saturated carbocycles. The molecule has 128 valence electrons. The molecule has 1 amide bonds. The first kappa shape index (κ1) is 17.9. The fourth-order valence-corrected chi connectivity index (χ4v) is 2.38. The Labute approximate surface area is 140 Å². The number of carbonyl (C=O) groups is 1. The second kappa shape index (κ2) is 8.40. The van der Waals surface area contributed by atoms with Gasteiger partial charge in [0.2, 0.25) is 0 Å². The van der Waals surface area contributed by atoms with Gasteiger partial charge in [-0.1, -0.05) is 36.4 Å². The van der Waals surface area contributed by atoms with Crippen LogP contribution in [0, 0.1) is 0 Å². The molecule has 0 spiro atoms. The van der Waals surface area contributed by atoms with Crippen LogP contribution in [-0.2, 0) is 0 Å². The molecule has 1 atom stereocenters. The Hall–Kier alpha value is -2.47. The predicted octanol–water partition coefficient (Wildman–Crippen LogP) is 3.32. The monoisotopic (exact) mass is 334 g/mol. The van der Waals surface area contributed by atoms with Crippen LogP contribution in [0.25, 0.3) is 0 Å². The molecule has 0 saturated heterocycles. The standard InChI is InChI=1S/C18H20F2N2O2/c1-22(2)16(13-7-4-3-5-8-13)12-21-17(23)14-9-6-10-15(11-14)24-18(19)20/h3-11,16,18H,12H2,1-2H3,(H,21,23). The van der Waals surface area contributed by atoms with Gasteiger partial charge in [-0.25, -0.2) is 0 Å². The van der Waals surface area contributed by atoms with Crippen molar-refractivity contribution in [2.75, 3.05) is 20.6 Å².